The van der Waals surface area contributed by atoms with Gasteiger partial charge in [-0.05, 0) is 76.1 Å². The normalized spacial score (nSPS) is 23.6. The number of esters is 2. The van der Waals surface area contributed by atoms with Crippen molar-refractivity contribution in [1.29, 1.82) is 0 Å². The lowest BCUT2D eigenvalue weighted by Gasteiger charge is -2.58. The van der Waals surface area contributed by atoms with Crippen molar-refractivity contribution in [1.82, 2.24) is 14.6 Å². The van der Waals surface area contributed by atoms with E-state index in [2.05, 4.69) is 68.5 Å². The molecule has 2 aliphatic rings. The number of H-pyrrole nitrogens is 1. The van der Waals surface area contributed by atoms with Gasteiger partial charge < -0.3 is 14.4 Å². The number of carbonyl (C=O) groups excluding carboxylic acids is 2. The fourth-order valence-corrected chi connectivity index (χ4v) is 7.74. The summed E-state index contributed by atoms with van der Waals surface area (Å²) in [5, 5.41) is 3.26. The first kappa shape index (κ1) is 30.7. The molecule has 1 aliphatic heterocycles. The van der Waals surface area contributed by atoms with Crippen molar-refractivity contribution in [2.24, 2.45) is 22.7 Å². The first-order valence-corrected chi connectivity index (χ1v) is 15.5. The fraction of sp³-hybridized carbons (Fsp3) is 0.588. The molecule has 1 saturated carbocycles. The largest absolute Gasteiger partial charge is 0.466 e. The molecule has 0 bridgehead atoms. The summed E-state index contributed by atoms with van der Waals surface area (Å²) < 4.78 is 13.3. The number of carbonyl (C=O) groups is 2. The van der Waals surface area contributed by atoms with Gasteiger partial charge in [-0.15, -0.1) is 0 Å². The number of ether oxygens (including phenoxy) is 2. The number of nitrogens with one attached hydrogen (secondary N) is 1. The number of anilines is 1. The molecule has 1 aliphatic carbocycles. The van der Waals surface area contributed by atoms with Crippen LogP contribution in [0.3, 0.4) is 0 Å². The maximum absolute atomic E-state index is 13.9. The molecule has 1 saturated heterocycles. The van der Waals surface area contributed by atoms with Gasteiger partial charge in [0.1, 0.15) is 11.2 Å². The average molecular weight is 588 g/mol. The lowest BCUT2D eigenvalue weighted by Crippen LogP contribution is -2.60. The quantitative estimate of drug-likeness (QED) is 0.239. The zero-order valence-corrected chi connectivity index (χ0v) is 26.8. The Bertz CT molecular complexity index is 1560. The van der Waals surface area contributed by atoms with Gasteiger partial charge in [0, 0.05) is 41.4 Å². The highest BCUT2D eigenvalue weighted by Gasteiger charge is 2.58. The third-order valence-electron chi connectivity index (χ3n) is 10.3. The number of fused-ring (bicyclic) bond motifs is 1. The van der Waals surface area contributed by atoms with E-state index in [-0.39, 0.29) is 34.0 Å². The Hall–Kier alpha value is -3.80. The van der Waals surface area contributed by atoms with Gasteiger partial charge in [-0.25, -0.2) is 14.6 Å². The molecule has 0 unspecified atom stereocenters. The molecule has 9 heteroatoms. The predicted molar refractivity (Wildman–Crippen MR) is 167 cm³/mol. The van der Waals surface area contributed by atoms with Gasteiger partial charge >= 0.3 is 11.9 Å². The van der Waals surface area contributed by atoms with Crippen LogP contribution >= 0.6 is 0 Å². The van der Waals surface area contributed by atoms with Gasteiger partial charge in [-0.3, -0.25) is 14.4 Å². The van der Waals surface area contributed by atoms with Crippen molar-refractivity contribution in [2.45, 2.75) is 86.7 Å². The van der Waals surface area contributed by atoms with Crippen molar-refractivity contribution in [2.75, 3.05) is 24.6 Å². The van der Waals surface area contributed by atoms with Crippen LogP contribution in [0.4, 0.5) is 11.4 Å². The molecular weight excluding hydrogens is 542 g/mol. The van der Waals surface area contributed by atoms with Gasteiger partial charge in [0.05, 0.1) is 19.1 Å². The molecule has 1 aromatic carbocycles. The number of hydrogen-bond acceptors (Lipinski definition) is 6. The monoisotopic (exact) mass is 587 g/mol. The van der Waals surface area contributed by atoms with Crippen LogP contribution in [0.5, 0.6) is 0 Å². The van der Waals surface area contributed by atoms with Gasteiger partial charge in [-0.1, -0.05) is 34.6 Å². The van der Waals surface area contributed by atoms with Crippen LogP contribution in [-0.2, 0) is 14.3 Å². The minimum Gasteiger partial charge on any atom is -0.466 e. The molecule has 9 nitrogen and oxygen atoms in total. The van der Waals surface area contributed by atoms with Gasteiger partial charge in [0.15, 0.2) is 11.5 Å². The van der Waals surface area contributed by atoms with E-state index in [9.17, 15) is 9.59 Å². The molecule has 3 heterocycles. The van der Waals surface area contributed by atoms with Crippen LogP contribution in [0.1, 0.15) is 90.1 Å². The van der Waals surface area contributed by atoms with Gasteiger partial charge in [0.2, 0.25) is 5.69 Å². The average Bonchev–Trinajstić information content (AvgIpc) is 3.49. The van der Waals surface area contributed by atoms with Crippen LogP contribution in [0.2, 0.25) is 0 Å². The SMILES string of the molecule is [C-]#[N+]c1cn2[nH]c(-c3ccc(N4CCC(C(=O)OCC)CC4)c(C)c3)nc2c1C(=O)OC1(C)C(C)(C)CC(C)CC1(C)C. The molecule has 230 valence electrons. The highest BCUT2D eigenvalue weighted by atomic mass is 16.6. The Balaban J connectivity index is 1.40. The van der Waals surface area contributed by atoms with E-state index in [1.807, 2.05) is 19.9 Å². The summed E-state index contributed by atoms with van der Waals surface area (Å²) in [7, 11) is 0. The van der Waals surface area contributed by atoms with E-state index < -0.39 is 11.6 Å². The number of rotatable bonds is 6. The Morgan fingerprint density at radius 2 is 1.77 bits per heavy atom. The second-order valence-corrected chi connectivity index (χ2v) is 14.0. The zero-order chi connectivity index (χ0) is 31.3. The van der Waals surface area contributed by atoms with Crippen LogP contribution in [0, 0.1) is 36.2 Å². The molecule has 1 N–H and O–H groups in total. The van der Waals surface area contributed by atoms with E-state index in [1.165, 1.54) is 0 Å². The Morgan fingerprint density at radius 3 is 2.35 bits per heavy atom. The molecule has 43 heavy (non-hydrogen) atoms. The molecule has 0 amide bonds. The van der Waals surface area contributed by atoms with E-state index in [1.54, 1.807) is 10.7 Å². The third kappa shape index (κ3) is 5.30. The molecule has 3 aromatic rings. The number of piperidine rings is 1. The zero-order valence-electron chi connectivity index (χ0n) is 26.8. The predicted octanol–water partition coefficient (Wildman–Crippen LogP) is 7.37. The first-order chi connectivity index (χ1) is 20.2. The van der Waals surface area contributed by atoms with Crippen LogP contribution < -0.4 is 4.90 Å². The standard InChI is InChI=1S/C34H45N5O4/c1-10-42-30(40)23-13-15-38(16-14-23)26-12-11-24(17-22(26)3)28-36-29-27(25(35-9)20-39(29)37-28)31(41)43-34(8)32(4,5)18-21(2)19-33(34,6)7/h11-12,17,20-21,23H,10,13-16,18-19H2,1-8H3,(H,36,37). The Kier molecular flexibility index (Phi) is 7.87. The lowest BCUT2D eigenvalue weighted by molar-refractivity contribution is -0.178. The van der Waals surface area contributed by atoms with E-state index in [4.69, 9.17) is 21.0 Å². The Labute approximate surface area is 254 Å². The number of aryl methyl sites for hydroxylation is 1. The second-order valence-electron chi connectivity index (χ2n) is 14.0. The summed E-state index contributed by atoms with van der Waals surface area (Å²) in [6, 6.07) is 6.18. The molecule has 2 aromatic heterocycles. The van der Waals surface area contributed by atoms with E-state index in [0.29, 0.717) is 24.0 Å². The molecule has 0 radical (unpaired) electrons. The summed E-state index contributed by atoms with van der Waals surface area (Å²) in [5.74, 6) is 0.488. The van der Waals surface area contributed by atoms with Crippen molar-refractivity contribution >= 4 is 29.0 Å². The Morgan fingerprint density at radius 1 is 1.12 bits per heavy atom. The number of aromatic amines is 1. The van der Waals surface area contributed by atoms with Crippen molar-refractivity contribution in [3.63, 3.8) is 0 Å². The van der Waals surface area contributed by atoms with E-state index in [0.717, 1.165) is 55.6 Å². The molecule has 2 fully saturated rings. The van der Waals surface area contributed by atoms with Crippen molar-refractivity contribution in [3.8, 4) is 11.4 Å². The number of benzene rings is 1. The fourth-order valence-electron chi connectivity index (χ4n) is 7.74. The summed E-state index contributed by atoms with van der Waals surface area (Å²) in [5.41, 5.74) is 2.69. The molecule has 0 atom stereocenters. The van der Waals surface area contributed by atoms with Gasteiger partial charge in [0.25, 0.3) is 0 Å². The summed E-state index contributed by atoms with van der Waals surface area (Å²) >= 11 is 0. The van der Waals surface area contributed by atoms with Crippen LogP contribution in [0.25, 0.3) is 21.9 Å². The summed E-state index contributed by atoms with van der Waals surface area (Å²) in [4.78, 5) is 36.8. The summed E-state index contributed by atoms with van der Waals surface area (Å²) in [6.07, 6.45) is 5.07. The number of nitrogens with zero attached hydrogens (tertiary/aromatic N) is 4. The van der Waals surface area contributed by atoms with Crippen molar-refractivity contribution in [3.05, 3.63) is 46.9 Å². The molecule has 5 rings (SSSR count). The maximum atomic E-state index is 13.9. The maximum Gasteiger partial charge on any atom is 0.332 e. The van der Waals surface area contributed by atoms with Crippen LogP contribution in [-0.4, -0.2) is 51.8 Å². The number of hydrogen-bond donors (Lipinski definition) is 1. The van der Waals surface area contributed by atoms with Gasteiger partial charge in [-0.2, -0.15) is 0 Å². The highest BCUT2D eigenvalue weighted by Crippen LogP contribution is 2.57. The minimum absolute atomic E-state index is 0.0368. The van der Waals surface area contributed by atoms with Crippen molar-refractivity contribution < 1.29 is 19.1 Å². The lowest BCUT2D eigenvalue weighted by atomic mass is 9.52. The minimum atomic E-state index is -0.728. The smallest absolute Gasteiger partial charge is 0.332 e. The first-order valence-electron chi connectivity index (χ1n) is 15.5. The third-order valence-corrected chi connectivity index (χ3v) is 10.3. The van der Waals surface area contributed by atoms with E-state index >= 15 is 0 Å². The van der Waals surface area contributed by atoms with Crippen LogP contribution in [0.15, 0.2) is 24.4 Å². The molecular formula is C34H45N5O4. The highest BCUT2D eigenvalue weighted by molar-refractivity contribution is 6.03. The molecule has 0 spiro atoms. The topological polar surface area (TPSA) is 93.3 Å². The number of aromatic nitrogens is 3. The second kappa shape index (κ2) is 11.0. The summed E-state index contributed by atoms with van der Waals surface area (Å²) in [6.45, 7) is 26.7.